The molecule has 1 heterocycles. The molecule has 134 valence electrons. The zero-order valence-electron chi connectivity index (χ0n) is 14.1. The number of rotatable bonds is 9. The highest BCUT2D eigenvalue weighted by Crippen LogP contribution is 2.34. The zero-order chi connectivity index (χ0) is 18.2. The van der Waals surface area contributed by atoms with E-state index in [-0.39, 0.29) is 17.2 Å². The Morgan fingerprint density at radius 1 is 1.44 bits per heavy atom. The molecule has 0 saturated carbocycles. The van der Waals surface area contributed by atoms with Gasteiger partial charge in [-0.05, 0) is 23.6 Å². The van der Waals surface area contributed by atoms with Gasteiger partial charge in [-0.3, -0.25) is 10.1 Å². The second-order valence-electron chi connectivity index (χ2n) is 5.46. The molecule has 11 nitrogen and oxygen atoms in total. The molecule has 0 aliphatic rings. The Hall–Kier alpha value is -3.24. The number of nitro benzene ring substituents is 1. The summed E-state index contributed by atoms with van der Waals surface area (Å²) in [6, 6.07) is 2.82. The highest BCUT2D eigenvalue weighted by molar-refractivity contribution is 5.87. The third kappa shape index (κ3) is 5.12. The average Bonchev–Trinajstić information content (AvgIpc) is 3.08. The standard InChI is InChI=1S/C14H19N7O4/c1-9(2)4-5-25-13-7-11(21(22)23)10(6-12(13)24-3)8-15-16-14-17-19-20-18-14/h6-9H,4-5H2,1-3H3,(H2,16,17,18,19,20)/b15-8-. The molecule has 2 aromatic rings. The summed E-state index contributed by atoms with van der Waals surface area (Å²) in [5, 5.41) is 28.1. The zero-order valence-corrected chi connectivity index (χ0v) is 14.1. The summed E-state index contributed by atoms with van der Waals surface area (Å²) in [6.07, 6.45) is 2.10. The number of hydrogen-bond acceptors (Lipinski definition) is 9. The van der Waals surface area contributed by atoms with E-state index < -0.39 is 4.92 Å². The number of benzene rings is 1. The van der Waals surface area contributed by atoms with Crippen LogP contribution in [0.25, 0.3) is 0 Å². The molecular formula is C14H19N7O4. The van der Waals surface area contributed by atoms with Gasteiger partial charge in [-0.15, -0.1) is 5.10 Å². The fourth-order valence-electron chi connectivity index (χ4n) is 1.87. The van der Waals surface area contributed by atoms with Gasteiger partial charge in [0.25, 0.3) is 11.6 Å². The SMILES string of the molecule is COc1cc(/C=N\Nc2nn[nH]n2)c([N+](=O)[O-])cc1OCCC(C)C. The Morgan fingerprint density at radius 3 is 2.84 bits per heavy atom. The fraction of sp³-hybridized carbons (Fsp3) is 0.429. The molecule has 1 aromatic carbocycles. The summed E-state index contributed by atoms with van der Waals surface area (Å²) in [6.45, 7) is 4.58. The van der Waals surface area contributed by atoms with Crippen LogP contribution in [0.1, 0.15) is 25.8 Å². The third-order valence-corrected chi connectivity index (χ3v) is 3.18. The normalized spacial score (nSPS) is 11.0. The molecule has 0 unspecified atom stereocenters. The number of nitrogens with one attached hydrogen (secondary N) is 2. The van der Waals surface area contributed by atoms with Gasteiger partial charge in [-0.1, -0.05) is 18.9 Å². The summed E-state index contributed by atoms with van der Waals surface area (Å²) in [4.78, 5) is 10.8. The van der Waals surface area contributed by atoms with Crippen LogP contribution in [-0.4, -0.2) is 45.5 Å². The summed E-state index contributed by atoms with van der Waals surface area (Å²) < 4.78 is 10.9. The number of hydrogen-bond donors (Lipinski definition) is 2. The number of H-pyrrole nitrogens is 1. The molecule has 0 bridgehead atoms. The van der Waals surface area contributed by atoms with Crippen LogP contribution >= 0.6 is 0 Å². The first-order valence-electron chi connectivity index (χ1n) is 7.53. The average molecular weight is 349 g/mol. The van der Waals surface area contributed by atoms with E-state index in [1.807, 2.05) is 0 Å². The lowest BCUT2D eigenvalue weighted by atomic mass is 10.1. The fourth-order valence-corrected chi connectivity index (χ4v) is 1.87. The van der Waals surface area contributed by atoms with Crippen LogP contribution in [0.2, 0.25) is 0 Å². The van der Waals surface area contributed by atoms with E-state index >= 15 is 0 Å². The van der Waals surface area contributed by atoms with E-state index in [0.717, 1.165) is 6.42 Å². The first-order chi connectivity index (χ1) is 12.0. The van der Waals surface area contributed by atoms with Crippen molar-refractivity contribution in [1.29, 1.82) is 0 Å². The molecular weight excluding hydrogens is 330 g/mol. The number of anilines is 1. The van der Waals surface area contributed by atoms with Crippen molar-refractivity contribution < 1.29 is 14.4 Å². The quantitative estimate of drug-likeness (QED) is 0.398. The van der Waals surface area contributed by atoms with Gasteiger partial charge in [0.2, 0.25) is 0 Å². The van der Waals surface area contributed by atoms with Crippen molar-refractivity contribution in [2.24, 2.45) is 11.0 Å². The van der Waals surface area contributed by atoms with Gasteiger partial charge in [-0.2, -0.15) is 10.3 Å². The number of tetrazole rings is 1. The van der Waals surface area contributed by atoms with Crippen molar-refractivity contribution in [1.82, 2.24) is 20.6 Å². The summed E-state index contributed by atoms with van der Waals surface area (Å²) >= 11 is 0. The van der Waals surface area contributed by atoms with Crippen molar-refractivity contribution in [3.05, 3.63) is 27.8 Å². The maximum Gasteiger partial charge on any atom is 0.283 e. The second-order valence-corrected chi connectivity index (χ2v) is 5.46. The molecule has 0 radical (unpaired) electrons. The van der Waals surface area contributed by atoms with E-state index in [1.54, 1.807) is 0 Å². The Bertz CT molecular complexity index is 731. The van der Waals surface area contributed by atoms with Crippen LogP contribution in [0, 0.1) is 16.0 Å². The van der Waals surface area contributed by atoms with Crippen molar-refractivity contribution in [2.45, 2.75) is 20.3 Å². The van der Waals surface area contributed by atoms with Gasteiger partial charge in [0.15, 0.2) is 11.5 Å². The number of aromatic amines is 1. The number of methoxy groups -OCH3 is 1. The molecule has 11 heteroatoms. The molecule has 25 heavy (non-hydrogen) atoms. The van der Waals surface area contributed by atoms with Crippen LogP contribution < -0.4 is 14.9 Å². The van der Waals surface area contributed by atoms with Crippen molar-refractivity contribution in [3.63, 3.8) is 0 Å². The number of nitro groups is 1. The topological polar surface area (TPSA) is 140 Å². The third-order valence-electron chi connectivity index (χ3n) is 3.18. The van der Waals surface area contributed by atoms with Crippen LogP contribution in [0.4, 0.5) is 11.6 Å². The number of aromatic nitrogens is 4. The smallest absolute Gasteiger partial charge is 0.283 e. The molecule has 0 atom stereocenters. The lowest BCUT2D eigenvalue weighted by molar-refractivity contribution is -0.385. The van der Waals surface area contributed by atoms with Crippen LogP contribution in [0.15, 0.2) is 17.2 Å². The highest BCUT2D eigenvalue weighted by Gasteiger charge is 2.19. The first kappa shape index (κ1) is 18.1. The van der Waals surface area contributed by atoms with Crippen LogP contribution in [0.5, 0.6) is 11.5 Å². The van der Waals surface area contributed by atoms with E-state index in [0.29, 0.717) is 24.0 Å². The van der Waals surface area contributed by atoms with Gasteiger partial charge < -0.3 is 9.47 Å². The summed E-state index contributed by atoms with van der Waals surface area (Å²) in [5.41, 5.74) is 2.59. The minimum absolute atomic E-state index is 0.138. The Morgan fingerprint density at radius 2 is 2.24 bits per heavy atom. The predicted octanol–water partition coefficient (Wildman–Crippen LogP) is 1.99. The van der Waals surface area contributed by atoms with Crippen molar-refractivity contribution in [2.75, 3.05) is 19.1 Å². The van der Waals surface area contributed by atoms with Crippen LogP contribution in [0.3, 0.4) is 0 Å². The lowest BCUT2D eigenvalue weighted by Crippen LogP contribution is -2.05. The minimum atomic E-state index is -0.509. The molecule has 2 N–H and O–H groups in total. The molecule has 1 aromatic heterocycles. The summed E-state index contributed by atoms with van der Waals surface area (Å²) in [7, 11) is 1.47. The molecule has 0 amide bonds. The number of hydrazone groups is 1. The molecule has 0 saturated heterocycles. The van der Waals surface area contributed by atoms with E-state index in [1.165, 1.54) is 25.5 Å². The minimum Gasteiger partial charge on any atom is -0.493 e. The largest absolute Gasteiger partial charge is 0.493 e. The van der Waals surface area contributed by atoms with Gasteiger partial charge in [-0.25, -0.2) is 5.43 Å². The molecule has 2 rings (SSSR count). The molecule has 0 aliphatic carbocycles. The molecule has 0 fully saturated rings. The maximum atomic E-state index is 11.3. The van der Waals surface area contributed by atoms with Gasteiger partial charge >= 0.3 is 0 Å². The Labute approximate surface area is 143 Å². The van der Waals surface area contributed by atoms with E-state index in [2.05, 4.69) is 45.0 Å². The van der Waals surface area contributed by atoms with Crippen molar-refractivity contribution >= 4 is 17.9 Å². The predicted molar refractivity (Wildman–Crippen MR) is 90.0 cm³/mol. The maximum absolute atomic E-state index is 11.3. The molecule has 0 spiro atoms. The second kappa shape index (κ2) is 8.57. The summed E-state index contributed by atoms with van der Waals surface area (Å²) in [5.74, 6) is 1.30. The lowest BCUT2D eigenvalue weighted by Gasteiger charge is -2.12. The highest BCUT2D eigenvalue weighted by atomic mass is 16.6. The van der Waals surface area contributed by atoms with Crippen molar-refractivity contribution in [3.8, 4) is 11.5 Å². The van der Waals surface area contributed by atoms with Crippen LogP contribution in [-0.2, 0) is 0 Å². The number of nitrogens with zero attached hydrogens (tertiary/aromatic N) is 5. The monoisotopic (exact) mass is 349 g/mol. The molecule has 0 aliphatic heterocycles. The van der Waals surface area contributed by atoms with E-state index in [4.69, 9.17) is 9.47 Å². The number of ether oxygens (including phenoxy) is 2. The van der Waals surface area contributed by atoms with E-state index in [9.17, 15) is 10.1 Å². The van der Waals surface area contributed by atoms with Gasteiger partial charge in [0, 0.05) is 0 Å². The Balaban J connectivity index is 2.22. The van der Waals surface area contributed by atoms with Gasteiger partial charge in [0.1, 0.15) is 0 Å². The Kier molecular flexibility index (Phi) is 6.20. The van der Waals surface area contributed by atoms with Gasteiger partial charge in [0.05, 0.1) is 36.5 Å². The first-order valence-corrected chi connectivity index (χ1v) is 7.53.